The molecule has 2 aliphatic heterocycles. The number of hydrogen-bond acceptors (Lipinski definition) is 3. The number of carbonyl (C=O) groups excluding carboxylic acids is 2. The normalized spacial score (nSPS) is 16.2. The van der Waals surface area contributed by atoms with E-state index < -0.39 is 17.6 Å². The van der Waals surface area contributed by atoms with Gasteiger partial charge in [-0.15, -0.1) is 0 Å². The van der Waals surface area contributed by atoms with Gasteiger partial charge >= 0.3 is 0 Å². The number of anilines is 2. The number of amides is 2. The number of imide groups is 1. The Morgan fingerprint density at radius 3 is 2.23 bits per heavy atom. The Morgan fingerprint density at radius 2 is 1.48 bits per heavy atom. The van der Waals surface area contributed by atoms with Crippen molar-refractivity contribution in [2.45, 2.75) is 19.8 Å². The molecular formula is C26H21FN2O2. The Hall–Kier alpha value is -3.73. The van der Waals surface area contributed by atoms with Crippen molar-refractivity contribution in [1.29, 1.82) is 0 Å². The summed E-state index contributed by atoms with van der Waals surface area (Å²) in [5.74, 6) is -1.60. The number of carbonyl (C=O) groups is 2. The van der Waals surface area contributed by atoms with Crippen LogP contribution in [0.2, 0.25) is 0 Å². The van der Waals surface area contributed by atoms with Crippen molar-refractivity contribution in [2.75, 3.05) is 16.3 Å². The second-order valence-electron chi connectivity index (χ2n) is 7.87. The molecule has 154 valence electrons. The van der Waals surface area contributed by atoms with Gasteiger partial charge in [0, 0.05) is 12.2 Å². The van der Waals surface area contributed by atoms with E-state index in [-0.39, 0.29) is 5.69 Å². The minimum Gasteiger partial charge on any atom is -0.336 e. The van der Waals surface area contributed by atoms with Crippen LogP contribution in [0.15, 0.2) is 78.5 Å². The van der Waals surface area contributed by atoms with Gasteiger partial charge in [-0.05, 0) is 49.1 Å². The molecule has 2 amide bonds. The van der Waals surface area contributed by atoms with Gasteiger partial charge in [0.2, 0.25) is 0 Å². The van der Waals surface area contributed by atoms with E-state index in [9.17, 15) is 14.0 Å². The summed E-state index contributed by atoms with van der Waals surface area (Å²) >= 11 is 0. The molecule has 0 atom stereocenters. The molecule has 0 saturated heterocycles. The van der Waals surface area contributed by atoms with Crippen LogP contribution in [0.3, 0.4) is 0 Å². The number of para-hydroxylation sites is 2. The van der Waals surface area contributed by atoms with Gasteiger partial charge in [-0.1, -0.05) is 60.2 Å². The minimum atomic E-state index is -0.604. The molecule has 0 fully saturated rings. The molecular weight excluding hydrogens is 391 g/mol. The second-order valence-corrected chi connectivity index (χ2v) is 7.87. The summed E-state index contributed by atoms with van der Waals surface area (Å²) in [6, 6.07) is 21.3. The van der Waals surface area contributed by atoms with Crippen molar-refractivity contribution in [3.63, 3.8) is 0 Å². The molecule has 3 aromatic carbocycles. The molecule has 0 spiro atoms. The van der Waals surface area contributed by atoms with Crippen molar-refractivity contribution in [3.05, 3.63) is 101 Å². The SMILES string of the molecule is Cc1ccc(C2=C(N3CCCc4ccccc43)C(=O)N(c3ccccc3F)C2=O)cc1. The first-order valence-corrected chi connectivity index (χ1v) is 10.4. The van der Waals surface area contributed by atoms with Crippen LogP contribution in [0.25, 0.3) is 5.57 Å². The maximum Gasteiger partial charge on any atom is 0.282 e. The van der Waals surface area contributed by atoms with Crippen molar-refractivity contribution >= 4 is 28.8 Å². The third kappa shape index (κ3) is 3.13. The van der Waals surface area contributed by atoms with Crippen LogP contribution in [0, 0.1) is 12.7 Å². The zero-order valence-corrected chi connectivity index (χ0v) is 17.1. The van der Waals surface area contributed by atoms with Crippen LogP contribution >= 0.6 is 0 Å². The van der Waals surface area contributed by atoms with Gasteiger partial charge in [0.15, 0.2) is 0 Å². The number of hydrogen-bond donors (Lipinski definition) is 0. The standard InChI is InChI=1S/C26H21FN2O2/c1-17-12-14-19(15-13-17)23-24(28-16-6-8-18-7-2-4-10-21(18)28)26(31)29(25(23)30)22-11-5-3-9-20(22)27/h2-5,7,9-15H,6,8,16H2,1H3. The Labute approximate surface area is 180 Å². The quantitative estimate of drug-likeness (QED) is 0.576. The predicted molar refractivity (Wildman–Crippen MR) is 119 cm³/mol. The summed E-state index contributed by atoms with van der Waals surface area (Å²) in [7, 11) is 0. The van der Waals surface area contributed by atoms with Crippen molar-refractivity contribution in [2.24, 2.45) is 0 Å². The van der Waals surface area contributed by atoms with Gasteiger partial charge in [0.1, 0.15) is 11.5 Å². The molecule has 2 aliphatic rings. The molecule has 0 radical (unpaired) electrons. The van der Waals surface area contributed by atoms with Crippen LogP contribution in [-0.4, -0.2) is 18.4 Å². The topological polar surface area (TPSA) is 40.6 Å². The molecule has 5 rings (SSSR count). The second kappa shape index (κ2) is 7.51. The summed E-state index contributed by atoms with van der Waals surface area (Å²) in [4.78, 5) is 30.1. The van der Waals surface area contributed by atoms with Crippen molar-refractivity contribution in [3.8, 4) is 0 Å². The molecule has 3 aromatic rings. The first-order valence-electron chi connectivity index (χ1n) is 10.4. The maximum absolute atomic E-state index is 14.6. The molecule has 0 bridgehead atoms. The first-order chi connectivity index (χ1) is 15.1. The molecule has 0 unspecified atom stereocenters. The number of aryl methyl sites for hydroxylation is 2. The lowest BCUT2D eigenvalue weighted by molar-refractivity contribution is -0.120. The minimum absolute atomic E-state index is 0.0255. The van der Waals surface area contributed by atoms with E-state index in [0.717, 1.165) is 34.6 Å². The first kappa shape index (κ1) is 19.2. The molecule has 0 aromatic heterocycles. The highest BCUT2D eigenvalue weighted by Gasteiger charge is 2.44. The maximum atomic E-state index is 14.6. The van der Waals surface area contributed by atoms with Gasteiger partial charge in [-0.3, -0.25) is 9.59 Å². The average Bonchev–Trinajstić information content (AvgIpc) is 3.04. The van der Waals surface area contributed by atoms with E-state index in [1.54, 1.807) is 12.1 Å². The fraction of sp³-hybridized carbons (Fsp3) is 0.154. The largest absolute Gasteiger partial charge is 0.336 e. The number of benzene rings is 3. The van der Waals surface area contributed by atoms with Crippen LogP contribution in [0.5, 0.6) is 0 Å². The lowest BCUT2D eigenvalue weighted by atomic mass is 9.98. The van der Waals surface area contributed by atoms with E-state index in [1.807, 2.05) is 60.4 Å². The summed E-state index contributed by atoms with van der Waals surface area (Å²) in [6.07, 6.45) is 1.78. The van der Waals surface area contributed by atoms with E-state index in [4.69, 9.17) is 0 Å². The van der Waals surface area contributed by atoms with Gasteiger partial charge in [0.05, 0.1) is 11.3 Å². The zero-order chi connectivity index (χ0) is 21.5. The molecule has 0 saturated carbocycles. The van der Waals surface area contributed by atoms with Crippen molar-refractivity contribution < 1.29 is 14.0 Å². The Balaban J connectivity index is 1.72. The van der Waals surface area contributed by atoms with Crippen LogP contribution in [-0.2, 0) is 16.0 Å². The number of fused-ring (bicyclic) bond motifs is 1. The zero-order valence-electron chi connectivity index (χ0n) is 17.1. The lowest BCUT2D eigenvalue weighted by Crippen LogP contribution is -2.37. The molecule has 31 heavy (non-hydrogen) atoms. The van der Waals surface area contributed by atoms with Gasteiger partial charge in [-0.2, -0.15) is 0 Å². The van der Waals surface area contributed by atoms with Gasteiger partial charge in [0.25, 0.3) is 11.8 Å². The molecule has 2 heterocycles. The predicted octanol–water partition coefficient (Wildman–Crippen LogP) is 4.87. The summed E-state index contributed by atoms with van der Waals surface area (Å²) < 4.78 is 14.6. The smallest absolute Gasteiger partial charge is 0.282 e. The monoisotopic (exact) mass is 412 g/mol. The highest BCUT2D eigenvalue weighted by molar-refractivity contribution is 6.46. The molecule has 4 nitrogen and oxygen atoms in total. The Kier molecular flexibility index (Phi) is 4.66. The molecule has 0 aliphatic carbocycles. The van der Waals surface area contributed by atoms with Crippen molar-refractivity contribution in [1.82, 2.24) is 0 Å². The van der Waals surface area contributed by atoms with Crippen LogP contribution < -0.4 is 9.80 Å². The molecule has 5 heteroatoms. The van der Waals surface area contributed by atoms with E-state index in [0.29, 0.717) is 23.4 Å². The van der Waals surface area contributed by atoms with E-state index in [2.05, 4.69) is 0 Å². The van der Waals surface area contributed by atoms with Gasteiger partial charge < -0.3 is 4.90 Å². The molecule has 0 N–H and O–H groups in total. The van der Waals surface area contributed by atoms with Crippen LogP contribution in [0.1, 0.15) is 23.1 Å². The summed E-state index contributed by atoms with van der Waals surface area (Å²) in [6.45, 7) is 2.58. The average molecular weight is 412 g/mol. The Morgan fingerprint density at radius 1 is 0.806 bits per heavy atom. The fourth-order valence-corrected chi connectivity index (χ4v) is 4.37. The lowest BCUT2D eigenvalue weighted by Gasteiger charge is -2.32. The van der Waals surface area contributed by atoms with E-state index in [1.165, 1.54) is 12.1 Å². The van der Waals surface area contributed by atoms with Gasteiger partial charge in [-0.25, -0.2) is 9.29 Å². The summed E-state index contributed by atoms with van der Waals surface area (Å²) in [5.41, 5.74) is 4.36. The third-order valence-corrected chi connectivity index (χ3v) is 5.87. The number of halogens is 1. The third-order valence-electron chi connectivity index (χ3n) is 5.87. The summed E-state index contributed by atoms with van der Waals surface area (Å²) in [5, 5.41) is 0. The number of nitrogens with zero attached hydrogens (tertiary/aromatic N) is 2. The number of rotatable bonds is 3. The highest BCUT2D eigenvalue weighted by Crippen LogP contribution is 2.40. The Bertz CT molecular complexity index is 1230. The van der Waals surface area contributed by atoms with E-state index >= 15 is 0 Å². The fourth-order valence-electron chi connectivity index (χ4n) is 4.37. The van der Waals surface area contributed by atoms with Crippen LogP contribution in [0.4, 0.5) is 15.8 Å². The highest BCUT2D eigenvalue weighted by atomic mass is 19.1.